The highest BCUT2D eigenvalue weighted by atomic mass is 16.3. The predicted molar refractivity (Wildman–Crippen MR) is 73.3 cm³/mol. The Morgan fingerprint density at radius 2 is 1.76 bits per heavy atom. The van der Waals surface area contributed by atoms with Crippen LogP contribution in [0.1, 0.15) is 39.0 Å². The van der Waals surface area contributed by atoms with Crippen molar-refractivity contribution in [2.24, 2.45) is 5.92 Å². The average molecular weight is 242 g/mol. The number of hydrogen-bond donors (Lipinski definition) is 1. The molecule has 3 heteroatoms. The standard InChI is InChI=1S/C14H30N2O/c1-3-5-14(7-13-17)6-4-8-16-11-9-15(2)10-12-16/h14,17H,3-13H2,1-2H3/t14-/m0/s1. The van der Waals surface area contributed by atoms with Gasteiger partial charge in [0, 0.05) is 32.8 Å². The fraction of sp³-hybridized carbons (Fsp3) is 1.00. The molecule has 0 bridgehead atoms. The lowest BCUT2D eigenvalue weighted by atomic mass is 9.95. The minimum absolute atomic E-state index is 0.360. The fourth-order valence-corrected chi connectivity index (χ4v) is 2.70. The van der Waals surface area contributed by atoms with Gasteiger partial charge in [0.15, 0.2) is 0 Å². The normalized spacial score (nSPS) is 20.6. The fourth-order valence-electron chi connectivity index (χ4n) is 2.70. The molecule has 102 valence electrons. The van der Waals surface area contributed by atoms with Gasteiger partial charge >= 0.3 is 0 Å². The number of rotatable bonds is 8. The zero-order valence-corrected chi connectivity index (χ0v) is 11.7. The van der Waals surface area contributed by atoms with E-state index in [4.69, 9.17) is 5.11 Å². The maximum atomic E-state index is 9.02. The molecule has 17 heavy (non-hydrogen) atoms. The quantitative estimate of drug-likeness (QED) is 0.703. The highest BCUT2D eigenvalue weighted by Gasteiger charge is 2.14. The van der Waals surface area contributed by atoms with Crippen LogP contribution in [0.3, 0.4) is 0 Å². The Hall–Kier alpha value is -0.120. The third kappa shape index (κ3) is 6.39. The van der Waals surface area contributed by atoms with Gasteiger partial charge in [0.25, 0.3) is 0 Å². The van der Waals surface area contributed by atoms with E-state index >= 15 is 0 Å². The van der Waals surface area contributed by atoms with Crippen LogP contribution in [0.2, 0.25) is 0 Å². The maximum Gasteiger partial charge on any atom is 0.0433 e. The van der Waals surface area contributed by atoms with Gasteiger partial charge in [-0.2, -0.15) is 0 Å². The molecule has 0 aromatic rings. The summed E-state index contributed by atoms with van der Waals surface area (Å²) < 4.78 is 0. The molecule has 1 fully saturated rings. The summed E-state index contributed by atoms with van der Waals surface area (Å²) in [5.41, 5.74) is 0. The van der Waals surface area contributed by atoms with Crippen LogP contribution in [0.25, 0.3) is 0 Å². The summed E-state index contributed by atoms with van der Waals surface area (Å²) in [4.78, 5) is 4.99. The van der Waals surface area contributed by atoms with Crippen LogP contribution >= 0.6 is 0 Å². The highest BCUT2D eigenvalue weighted by Crippen LogP contribution is 2.17. The van der Waals surface area contributed by atoms with E-state index < -0.39 is 0 Å². The largest absolute Gasteiger partial charge is 0.396 e. The van der Waals surface area contributed by atoms with Crippen molar-refractivity contribution in [2.45, 2.75) is 39.0 Å². The molecule has 1 aliphatic rings. The molecule has 1 atom stereocenters. The van der Waals surface area contributed by atoms with Crippen molar-refractivity contribution < 1.29 is 5.11 Å². The summed E-state index contributed by atoms with van der Waals surface area (Å²) in [6.07, 6.45) is 6.12. The first-order chi connectivity index (χ1) is 8.26. The number of piperazine rings is 1. The maximum absolute atomic E-state index is 9.02. The van der Waals surface area contributed by atoms with Crippen molar-refractivity contribution in [3.8, 4) is 0 Å². The van der Waals surface area contributed by atoms with E-state index in [1.54, 1.807) is 0 Å². The summed E-state index contributed by atoms with van der Waals surface area (Å²) in [6.45, 7) is 8.75. The second-order valence-corrected chi connectivity index (χ2v) is 5.45. The summed E-state index contributed by atoms with van der Waals surface area (Å²) in [7, 11) is 2.20. The number of aliphatic hydroxyl groups is 1. The van der Waals surface area contributed by atoms with Crippen LogP contribution in [-0.4, -0.2) is 61.3 Å². The lowest BCUT2D eigenvalue weighted by Gasteiger charge is -2.32. The second-order valence-electron chi connectivity index (χ2n) is 5.45. The van der Waals surface area contributed by atoms with E-state index in [9.17, 15) is 0 Å². The zero-order valence-electron chi connectivity index (χ0n) is 11.7. The van der Waals surface area contributed by atoms with Crippen molar-refractivity contribution in [1.82, 2.24) is 9.80 Å². The Morgan fingerprint density at radius 1 is 1.06 bits per heavy atom. The molecule has 0 aromatic heterocycles. The number of hydrogen-bond acceptors (Lipinski definition) is 3. The van der Waals surface area contributed by atoms with Crippen LogP contribution in [0.15, 0.2) is 0 Å². The number of aliphatic hydroxyl groups excluding tert-OH is 1. The molecule has 0 unspecified atom stereocenters. The summed E-state index contributed by atoms with van der Waals surface area (Å²) in [5, 5.41) is 9.02. The third-order valence-electron chi connectivity index (χ3n) is 3.92. The Bertz CT molecular complexity index is 173. The molecule has 0 radical (unpaired) electrons. The van der Waals surface area contributed by atoms with Gasteiger partial charge in [-0.1, -0.05) is 19.8 Å². The van der Waals surface area contributed by atoms with Crippen molar-refractivity contribution in [3.63, 3.8) is 0 Å². The van der Waals surface area contributed by atoms with Crippen molar-refractivity contribution >= 4 is 0 Å². The second kappa shape index (κ2) is 8.90. The van der Waals surface area contributed by atoms with Gasteiger partial charge in [0.2, 0.25) is 0 Å². The van der Waals surface area contributed by atoms with Gasteiger partial charge in [-0.25, -0.2) is 0 Å². The Balaban J connectivity index is 2.08. The Morgan fingerprint density at radius 3 is 2.35 bits per heavy atom. The minimum Gasteiger partial charge on any atom is -0.396 e. The van der Waals surface area contributed by atoms with E-state index in [0.29, 0.717) is 6.61 Å². The first kappa shape index (κ1) is 14.9. The molecule has 3 nitrogen and oxygen atoms in total. The average Bonchev–Trinajstić information content (AvgIpc) is 2.32. The summed E-state index contributed by atoms with van der Waals surface area (Å²) in [6, 6.07) is 0. The van der Waals surface area contributed by atoms with Crippen molar-refractivity contribution in [1.29, 1.82) is 0 Å². The smallest absolute Gasteiger partial charge is 0.0433 e. The van der Waals surface area contributed by atoms with Gasteiger partial charge in [-0.05, 0) is 38.8 Å². The highest BCUT2D eigenvalue weighted by molar-refractivity contribution is 4.69. The van der Waals surface area contributed by atoms with E-state index in [1.165, 1.54) is 58.4 Å². The topological polar surface area (TPSA) is 26.7 Å². The minimum atomic E-state index is 0.360. The lowest BCUT2D eigenvalue weighted by molar-refractivity contribution is 0.148. The number of nitrogens with zero attached hydrogens (tertiary/aromatic N) is 2. The molecular weight excluding hydrogens is 212 g/mol. The first-order valence-corrected chi connectivity index (χ1v) is 7.28. The molecule has 0 spiro atoms. The van der Waals surface area contributed by atoms with Crippen LogP contribution < -0.4 is 0 Å². The van der Waals surface area contributed by atoms with Gasteiger partial charge in [-0.3, -0.25) is 0 Å². The van der Waals surface area contributed by atoms with E-state index in [-0.39, 0.29) is 0 Å². The molecule has 1 rings (SSSR count). The Labute approximate surface area is 107 Å². The molecule has 1 heterocycles. The van der Waals surface area contributed by atoms with Gasteiger partial charge in [0.05, 0.1) is 0 Å². The predicted octanol–water partition coefficient (Wildman–Crippen LogP) is 1.81. The van der Waals surface area contributed by atoms with Gasteiger partial charge in [-0.15, -0.1) is 0 Å². The monoisotopic (exact) mass is 242 g/mol. The molecule has 1 N–H and O–H groups in total. The lowest BCUT2D eigenvalue weighted by Crippen LogP contribution is -2.44. The van der Waals surface area contributed by atoms with Crippen LogP contribution in [0, 0.1) is 5.92 Å². The molecule has 0 amide bonds. The van der Waals surface area contributed by atoms with Crippen LogP contribution in [0.5, 0.6) is 0 Å². The van der Waals surface area contributed by atoms with Gasteiger partial charge < -0.3 is 14.9 Å². The summed E-state index contributed by atoms with van der Waals surface area (Å²) >= 11 is 0. The van der Waals surface area contributed by atoms with E-state index in [0.717, 1.165) is 12.3 Å². The van der Waals surface area contributed by atoms with E-state index in [1.807, 2.05) is 0 Å². The zero-order chi connectivity index (χ0) is 12.5. The Kier molecular flexibility index (Phi) is 7.82. The molecule has 0 saturated carbocycles. The first-order valence-electron chi connectivity index (χ1n) is 7.28. The van der Waals surface area contributed by atoms with E-state index in [2.05, 4.69) is 23.8 Å². The van der Waals surface area contributed by atoms with Crippen LogP contribution in [-0.2, 0) is 0 Å². The van der Waals surface area contributed by atoms with Crippen molar-refractivity contribution in [2.75, 3.05) is 46.4 Å². The molecule has 1 aliphatic heterocycles. The van der Waals surface area contributed by atoms with Crippen LogP contribution in [0.4, 0.5) is 0 Å². The van der Waals surface area contributed by atoms with Gasteiger partial charge in [0.1, 0.15) is 0 Å². The molecule has 1 saturated heterocycles. The number of likely N-dealkylation sites (N-methyl/N-ethyl adjacent to an activating group) is 1. The molecule has 0 aromatic carbocycles. The third-order valence-corrected chi connectivity index (χ3v) is 3.92. The SMILES string of the molecule is CCC[C@H](CCO)CCCN1CCN(C)CC1. The van der Waals surface area contributed by atoms with Crippen molar-refractivity contribution in [3.05, 3.63) is 0 Å². The molecule has 0 aliphatic carbocycles. The summed E-state index contributed by atoms with van der Waals surface area (Å²) in [5.74, 6) is 0.748. The molecular formula is C14H30N2O.